The Hall–Kier alpha value is -2.71. The molecule has 30 heavy (non-hydrogen) atoms. The molecule has 2 rings (SSSR count). The molecule has 0 saturated carbocycles. The number of amides is 2. The fourth-order valence-electron chi connectivity index (χ4n) is 3.14. The summed E-state index contributed by atoms with van der Waals surface area (Å²) >= 11 is 0. The van der Waals surface area contributed by atoms with Crippen LogP contribution >= 0.6 is 0 Å². The number of carbonyl (C=O) groups is 2. The van der Waals surface area contributed by atoms with Crippen molar-refractivity contribution in [1.82, 2.24) is 9.62 Å². The number of nitrogens with two attached hydrogens (primary N) is 1. The minimum Gasteiger partial charge on any atom is -0.368 e. The van der Waals surface area contributed by atoms with Crippen molar-refractivity contribution in [2.75, 3.05) is 13.1 Å². The van der Waals surface area contributed by atoms with Crippen LogP contribution in [0.1, 0.15) is 31.4 Å². The van der Waals surface area contributed by atoms with Gasteiger partial charge in [-0.15, -0.1) is 0 Å². The summed E-state index contributed by atoms with van der Waals surface area (Å²) in [5.41, 5.74) is 7.17. The van der Waals surface area contributed by atoms with Crippen molar-refractivity contribution in [1.29, 1.82) is 0 Å². The molecule has 0 bridgehead atoms. The van der Waals surface area contributed by atoms with Gasteiger partial charge in [0.1, 0.15) is 6.04 Å². The zero-order valence-corrected chi connectivity index (χ0v) is 18.2. The van der Waals surface area contributed by atoms with Gasteiger partial charge in [-0.05, 0) is 29.7 Å². The van der Waals surface area contributed by atoms with Gasteiger partial charge in [0.05, 0.1) is 4.90 Å². The first kappa shape index (κ1) is 23.6. The van der Waals surface area contributed by atoms with Gasteiger partial charge >= 0.3 is 0 Å². The van der Waals surface area contributed by atoms with Crippen LogP contribution in [0.4, 0.5) is 0 Å². The van der Waals surface area contributed by atoms with E-state index in [1.165, 1.54) is 4.31 Å². The van der Waals surface area contributed by atoms with E-state index in [2.05, 4.69) is 5.32 Å². The summed E-state index contributed by atoms with van der Waals surface area (Å²) in [6.45, 7) is 4.41. The lowest BCUT2D eigenvalue weighted by atomic mass is 10.0. The SMILES string of the molecule is CCN(CC)S(=O)(=O)c1ccc(CCC(=O)NC(Cc2ccccc2)C(N)=O)cc1. The highest BCUT2D eigenvalue weighted by atomic mass is 32.2. The zero-order chi connectivity index (χ0) is 22.1. The molecule has 0 aliphatic heterocycles. The van der Waals surface area contributed by atoms with Crippen molar-refractivity contribution in [3.05, 3.63) is 65.7 Å². The van der Waals surface area contributed by atoms with Gasteiger partial charge in [0.25, 0.3) is 0 Å². The number of nitrogens with zero attached hydrogens (tertiary/aromatic N) is 1. The monoisotopic (exact) mass is 431 g/mol. The maximum atomic E-state index is 12.5. The number of sulfonamides is 1. The van der Waals surface area contributed by atoms with E-state index < -0.39 is 22.0 Å². The first-order valence-electron chi connectivity index (χ1n) is 9.99. The second kappa shape index (κ2) is 10.9. The van der Waals surface area contributed by atoms with Gasteiger partial charge in [-0.3, -0.25) is 9.59 Å². The topological polar surface area (TPSA) is 110 Å². The van der Waals surface area contributed by atoms with Crippen LogP contribution in [0.15, 0.2) is 59.5 Å². The Bertz CT molecular complexity index is 940. The Kier molecular flexibility index (Phi) is 8.56. The van der Waals surface area contributed by atoms with Gasteiger partial charge in [0, 0.05) is 25.9 Å². The number of rotatable bonds is 11. The largest absolute Gasteiger partial charge is 0.368 e. The van der Waals surface area contributed by atoms with Crippen LogP contribution in [0.5, 0.6) is 0 Å². The van der Waals surface area contributed by atoms with Crippen LogP contribution < -0.4 is 11.1 Å². The molecular formula is C22H29N3O4S. The predicted octanol–water partition coefficient (Wildman–Crippen LogP) is 1.86. The third kappa shape index (κ3) is 6.40. The van der Waals surface area contributed by atoms with Crippen molar-refractivity contribution in [2.24, 2.45) is 5.73 Å². The average Bonchev–Trinajstić information content (AvgIpc) is 2.73. The molecule has 0 heterocycles. The summed E-state index contributed by atoms with van der Waals surface area (Å²) in [7, 11) is -3.50. The van der Waals surface area contributed by atoms with E-state index in [0.29, 0.717) is 25.9 Å². The Labute approximate surface area is 178 Å². The maximum absolute atomic E-state index is 12.5. The smallest absolute Gasteiger partial charge is 0.243 e. The van der Waals surface area contributed by atoms with Crippen molar-refractivity contribution in [2.45, 2.75) is 44.0 Å². The molecule has 2 amide bonds. The number of hydrogen-bond acceptors (Lipinski definition) is 4. The van der Waals surface area contributed by atoms with Crippen LogP contribution in [-0.4, -0.2) is 43.7 Å². The number of nitrogens with one attached hydrogen (secondary N) is 1. The molecular weight excluding hydrogens is 402 g/mol. The summed E-state index contributed by atoms with van der Waals surface area (Å²) in [4.78, 5) is 24.2. The lowest BCUT2D eigenvalue weighted by Gasteiger charge is -2.18. The number of aryl methyl sites for hydroxylation is 1. The van der Waals surface area contributed by atoms with Gasteiger partial charge in [-0.1, -0.05) is 56.3 Å². The second-order valence-electron chi connectivity index (χ2n) is 6.95. The molecule has 8 heteroatoms. The van der Waals surface area contributed by atoms with E-state index in [4.69, 9.17) is 5.73 Å². The van der Waals surface area contributed by atoms with E-state index >= 15 is 0 Å². The Balaban J connectivity index is 1.94. The minimum absolute atomic E-state index is 0.167. The Morgan fingerprint density at radius 3 is 2.10 bits per heavy atom. The molecule has 0 fully saturated rings. The van der Waals surface area contributed by atoms with Crippen LogP contribution in [0.3, 0.4) is 0 Å². The third-order valence-electron chi connectivity index (χ3n) is 4.87. The number of hydrogen-bond donors (Lipinski definition) is 2. The van der Waals surface area contributed by atoms with Gasteiger partial charge in [-0.25, -0.2) is 8.42 Å². The maximum Gasteiger partial charge on any atom is 0.243 e. The summed E-state index contributed by atoms with van der Waals surface area (Å²) in [6.07, 6.45) is 0.925. The molecule has 0 spiro atoms. The highest BCUT2D eigenvalue weighted by molar-refractivity contribution is 7.89. The number of primary amides is 1. The molecule has 0 aliphatic carbocycles. The third-order valence-corrected chi connectivity index (χ3v) is 6.93. The van der Waals surface area contributed by atoms with Crippen molar-refractivity contribution < 1.29 is 18.0 Å². The normalized spacial score (nSPS) is 12.5. The van der Waals surface area contributed by atoms with Crippen molar-refractivity contribution >= 4 is 21.8 Å². The highest BCUT2D eigenvalue weighted by Crippen LogP contribution is 2.17. The molecule has 2 aromatic carbocycles. The van der Waals surface area contributed by atoms with E-state index in [-0.39, 0.29) is 17.2 Å². The summed E-state index contributed by atoms with van der Waals surface area (Å²) in [6, 6.07) is 15.1. The quantitative estimate of drug-likeness (QED) is 0.566. The molecule has 1 unspecified atom stereocenters. The van der Waals surface area contributed by atoms with Crippen molar-refractivity contribution in [3.8, 4) is 0 Å². The predicted molar refractivity (Wildman–Crippen MR) is 116 cm³/mol. The minimum atomic E-state index is -3.50. The second-order valence-corrected chi connectivity index (χ2v) is 8.88. The van der Waals surface area contributed by atoms with E-state index in [1.807, 2.05) is 30.3 Å². The molecule has 162 valence electrons. The van der Waals surface area contributed by atoms with Crippen LogP contribution in [0.25, 0.3) is 0 Å². The zero-order valence-electron chi connectivity index (χ0n) is 17.4. The Morgan fingerprint density at radius 1 is 0.967 bits per heavy atom. The standard InChI is InChI=1S/C22H29N3O4S/c1-3-25(4-2)30(28,29)19-13-10-17(11-14-19)12-15-21(26)24-20(22(23)27)16-18-8-6-5-7-9-18/h5-11,13-14,20H,3-4,12,15-16H2,1-2H3,(H2,23,27)(H,24,26). The molecule has 0 aliphatic rings. The molecule has 2 aromatic rings. The van der Waals surface area contributed by atoms with Gasteiger partial charge < -0.3 is 11.1 Å². The van der Waals surface area contributed by atoms with Gasteiger partial charge in [0.15, 0.2) is 0 Å². The van der Waals surface area contributed by atoms with E-state index in [9.17, 15) is 18.0 Å². The lowest BCUT2D eigenvalue weighted by molar-refractivity contribution is -0.127. The number of carbonyl (C=O) groups excluding carboxylic acids is 2. The van der Waals surface area contributed by atoms with Crippen LogP contribution in [-0.2, 0) is 32.5 Å². The van der Waals surface area contributed by atoms with Gasteiger partial charge in [0.2, 0.25) is 21.8 Å². The Morgan fingerprint density at radius 2 is 1.57 bits per heavy atom. The van der Waals surface area contributed by atoms with Gasteiger partial charge in [-0.2, -0.15) is 4.31 Å². The first-order chi connectivity index (χ1) is 14.3. The van der Waals surface area contributed by atoms with E-state index in [0.717, 1.165) is 11.1 Å². The lowest BCUT2D eigenvalue weighted by Crippen LogP contribution is -2.45. The molecule has 1 atom stereocenters. The fourth-order valence-corrected chi connectivity index (χ4v) is 4.60. The number of benzene rings is 2. The summed E-state index contributed by atoms with van der Waals surface area (Å²) in [5.74, 6) is -0.868. The molecule has 0 aromatic heterocycles. The molecule has 0 saturated heterocycles. The molecule has 7 nitrogen and oxygen atoms in total. The average molecular weight is 432 g/mol. The van der Waals surface area contributed by atoms with E-state index in [1.54, 1.807) is 38.1 Å². The molecule has 3 N–H and O–H groups in total. The highest BCUT2D eigenvalue weighted by Gasteiger charge is 2.21. The molecule has 0 radical (unpaired) electrons. The fraction of sp³-hybridized carbons (Fsp3) is 0.364. The van der Waals surface area contributed by atoms with Crippen molar-refractivity contribution in [3.63, 3.8) is 0 Å². The first-order valence-corrected chi connectivity index (χ1v) is 11.4. The summed E-state index contributed by atoms with van der Waals surface area (Å²) in [5, 5.41) is 2.68. The summed E-state index contributed by atoms with van der Waals surface area (Å²) < 4.78 is 26.4. The van der Waals surface area contributed by atoms with Crippen LogP contribution in [0, 0.1) is 0 Å². The van der Waals surface area contributed by atoms with Crippen LogP contribution in [0.2, 0.25) is 0 Å².